The molecule has 8 atom stereocenters. The molecule has 2 unspecified atom stereocenters. The molecule has 0 aliphatic carbocycles. The lowest BCUT2D eigenvalue weighted by Gasteiger charge is -2.42. The highest BCUT2D eigenvalue weighted by Crippen LogP contribution is 2.48. The summed E-state index contributed by atoms with van der Waals surface area (Å²) in [6.07, 6.45) is 3.03. The zero-order valence-corrected chi connectivity index (χ0v) is 79.6. The number of ether oxygens (including phenoxy) is 3. The first kappa shape index (κ1) is 94.5. The predicted octanol–water partition coefficient (Wildman–Crippen LogP) is 13.3. The quantitative estimate of drug-likeness (QED) is 0.0379. The van der Waals surface area contributed by atoms with Crippen LogP contribution >= 0.6 is 15.9 Å². The first-order chi connectivity index (χ1) is 66.0. The molecule has 6 saturated heterocycles. The van der Waals surface area contributed by atoms with E-state index in [-0.39, 0.29) is 157 Å². The highest BCUT2D eigenvalue weighted by Gasteiger charge is 2.44. The van der Waals surface area contributed by atoms with Gasteiger partial charge in [-0.1, -0.05) is 102 Å². The van der Waals surface area contributed by atoms with Gasteiger partial charge in [0.2, 0.25) is 11.8 Å². The molecule has 0 N–H and O–H groups in total. The van der Waals surface area contributed by atoms with Crippen molar-refractivity contribution in [2.24, 2.45) is 0 Å². The van der Waals surface area contributed by atoms with E-state index in [1.165, 1.54) is 44.7 Å². The molecular weight excluding hydrogens is 1820 g/mol. The number of likely N-dealkylation sites (N-methyl/N-ethyl adjacent to an activating group) is 4. The molecular formula is C102H112BrF5N22O7. The van der Waals surface area contributed by atoms with Crippen LogP contribution in [0.2, 0.25) is 0 Å². The van der Waals surface area contributed by atoms with Crippen LogP contribution in [0.25, 0.3) is 32.3 Å². The van der Waals surface area contributed by atoms with Crippen LogP contribution in [0.15, 0.2) is 138 Å². The van der Waals surface area contributed by atoms with Crippen molar-refractivity contribution in [2.45, 2.75) is 152 Å². The van der Waals surface area contributed by atoms with E-state index in [0.29, 0.717) is 125 Å². The SMILES string of the molecule is C=C(F)C(=O)N1CCN(c2nc(OC[C@@H]3CC(c4cc(N5CCc6c(nc(OC[C@@H]7CCCN7C)nc6N6CCN(C(=O)C(=C)F)[C@@H](CC#N)C6)C5)c5c(C(F)(F)F)cccc5c4)CN3C)nc3c2CCN(c2cc(C4C[C@@H](COc5nc6c(c(N7CCN(C(=O)/C=C/CN(C)C(C)=O)[C@@H](CC#N)C7)n5)CCN(c5cccc7cccc(C)c57)C6)N(C)C4)cc4cccc(Br)c24)C3)C[C@@H]1CC#N. The number of benzene rings is 6. The highest BCUT2D eigenvalue weighted by atomic mass is 79.9. The second kappa shape index (κ2) is 40.0. The number of rotatable bonds is 25. The Morgan fingerprint density at radius 1 is 0.504 bits per heavy atom. The van der Waals surface area contributed by atoms with Crippen LogP contribution in [0, 0.1) is 40.9 Å². The van der Waals surface area contributed by atoms with Crippen LogP contribution in [-0.4, -0.2) is 277 Å². The maximum absolute atomic E-state index is 15.6. The maximum Gasteiger partial charge on any atom is 0.417 e. The number of hydrogen-bond donors (Lipinski definition) is 0. The Morgan fingerprint density at radius 3 is 1.39 bits per heavy atom. The first-order valence-corrected chi connectivity index (χ1v) is 48.0. The number of fused-ring (bicyclic) bond motifs is 6. The molecule has 137 heavy (non-hydrogen) atoms. The topological polar surface area (TPSA) is 287 Å². The third-order valence-corrected chi connectivity index (χ3v) is 30.0. The molecule has 6 aromatic carbocycles. The monoisotopic (exact) mass is 1930 g/mol. The molecule has 4 amide bonds. The number of halogens is 6. The van der Waals surface area contributed by atoms with Gasteiger partial charge >= 0.3 is 24.2 Å². The van der Waals surface area contributed by atoms with Crippen LogP contribution in [0.5, 0.6) is 18.0 Å². The Bertz CT molecular complexity index is 6380. The Labute approximate surface area is 802 Å². The van der Waals surface area contributed by atoms with E-state index in [4.69, 9.17) is 44.1 Å². The minimum Gasteiger partial charge on any atom is -0.462 e. The largest absolute Gasteiger partial charge is 0.462 e. The average Bonchev–Trinajstić information content (AvgIpc) is 1.76. The third-order valence-electron chi connectivity index (χ3n) is 29.4. The fourth-order valence-electron chi connectivity index (χ4n) is 21.9. The smallest absolute Gasteiger partial charge is 0.417 e. The zero-order valence-electron chi connectivity index (χ0n) is 78.0. The van der Waals surface area contributed by atoms with Crippen LogP contribution in [0.3, 0.4) is 0 Å². The molecule has 35 heteroatoms. The molecule has 29 nitrogen and oxygen atoms in total. The Hall–Kier alpha value is -12.9. The molecule has 0 spiro atoms. The molecule has 9 aliphatic rings. The summed E-state index contributed by atoms with van der Waals surface area (Å²) in [5.74, 6) is -2.63. The molecule has 3 aromatic heterocycles. The lowest BCUT2D eigenvalue weighted by molar-refractivity contribution is -0.136. The van der Waals surface area contributed by atoms with Gasteiger partial charge in [-0.15, -0.1) is 0 Å². The number of nitrogens with zero attached hydrogens (tertiary/aromatic N) is 22. The number of aryl methyl sites for hydroxylation is 1. The summed E-state index contributed by atoms with van der Waals surface area (Å²) in [7, 11) is 7.83. The predicted molar refractivity (Wildman–Crippen MR) is 516 cm³/mol. The summed E-state index contributed by atoms with van der Waals surface area (Å²) in [5.41, 5.74) is 9.61. The van der Waals surface area contributed by atoms with Crippen molar-refractivity contribution >= 4 is 106 Å². The Morgan fingerprint density at radius 2 is 0.934 bits per heavy atom. The van der Waals surface area contributed by atoms with Crippen molar-refractivity contribution < 1.29 is 55.3 Å². The van der Waals surface area contributed by atoms with Crippen molar-refractivity contribution in [1.29, 1.82) is 15.8 Å². The van der Waals surface area contributed by atoms with E-state index in [0.717, 1.165) is 103 Å². The number of hydrogen-bond acceptors (Lipinski definition) is 25. The van der Waals surface area contributed by atoms with Gasteiger partial charge in [-0.2, -0.15) is 58.9 Å². The van der Waals surface area contributed by atoms with E-state index in [1.807, 2.05) is 53.1 Å². The minimum atomic E-state index is -4.72. The molecule has 6 fully saturated rings. The fourth-order valence-corrected chi connectivity index (χ4v) is 22.5. The van der Waals surface area contributed by atoms with Crippen molar-refractivity contribution in [3.63, 3.8) is 0 Å². The van der Waals surface area contributed by atoms with E-state index < -0.39 is 53.3 Å². The number of aromatic nitrogens is 6. The van der Waals surface area contributed by atoms with Gasteiger partial charge in [-0.3, -0.25) is 29.0 Å². The number of carbonyl (C=O) groups is 4. The van der Waals surface area contributed by atoms with Crippen molar-refractivity contribution in [2.75, 3.05) is 182 Å². The lowest BCUT2D eigenvalue weighted by Crippen LogP contribution is -2.55. The van der Waals surface area contributed by atoms with E-state index in [1.54, 1.807) is 24.1 Å². The van der Waals surface area contributed by atoms with Crippen molar-refractivity contribution in [3.05, 3.63) is 195 Å². The van der Waals surface area contributed by atoms with Gasteiger partial charge in [-0.05, 0) is 155 Å². The summed E-state index contributed by atoms with van der Waals surface area (Å²) in [5, 5.41) is 35.2. The van der Waals surface area contributed by atoms with Crippen LogP contribution in [-0.2, 0) is 64.3 Å². The second-order valence-electron chi connectivity index (χ2n) is 37.8. The lowest BCUT2D eigenvalue weighted by atomic mass is 9.90. The number of anilines is 6. The summed E-state index contributed by atoms with van der Waals surface area (Å²) in [4.78, 5) is 109. The molecule has 0 bridgehead atoms. The van der Waals surface area contributed by atoms with Crippen LogP contribution in [0.1, 0.15) is 120 Å². The van der Waals surface area contributed by atoms with Gasteiger partial charge in [-0.25, -0.2) is 8.78 Å². The molecule has 9 aliphatic heterocycles. The number of piperazine rings is 3. The summed E-state index contributed by atoms with van der Waals surface area (Å²) in [6.45, 7) is 17.9. The molecule has 0 saturated carbocycles. The van der Waals surface area contributed by atoms with E-state index >= 15 is 13.2 Å². The highest BCUT2D eigenvalue weighted by molar-refractivity contribution is 9.10. The van der Waals surface area contributed by atoms with Gasteiger partial charge in [0.05, 0.1) is 97.9 Å². The second-order valence-corrected chi connectivity index (χ2v) is 38.7. The van der Waals surface area contributed by atoms with E-state index in [2.05, 4.69) is 145 Å². The number of nitriles is 3. The number of alkyl halides is 3. The normalized spacial score (nSPS) is 21.7. The third kappa shape index (κ3) is 19.7. The first-order valence-electron chi connectivity index (χ1n) is 47.2. The summed E-state index contributed by atoms with van der Waals surface area (Å²) >= 11 is 3.99. The molecule has 0 radical (unpaired) electrons. The standard InChI is InChI=1S/C102H112BrF5N22O7/c1-62-15-9-16-66-17-12-23-87(91(62)66)122-36-28-79-84(56-122)112-100(116-94(79)125-39-42-128(73(53-125)25-31-109)90(132)24-14-34-118(5)65(4)131)136-61-78-48-72(52-121(78)8)70-46-68-19-11-22-83(103)93(68)89(50-70)124-38-30-81-86(58-124)114-101(117-96(81)127-41-44-130(98(134)64(3)105)75(55-127)27-33-111)137-60-77-47-71(51-120(77)7)69-45-67-18-10-21-82(102(106,107)108)92(67)88(49-69)123-37-29-80-85(57-123)113-99(135-59-76-20-13-35-119(76)6)115-95(80)126-40-43-129(97(133)63(2)104)74(54-126)26-32-110/h9-12,14-19,21-24,45-46,49-50,71-78H,2-3,13,20,25-30,34-44,47-48,51-61H2,1,4-8H3/b24-14+/t71?,72?,73-,74-,75-,76-,77-,78-/m0/s1. The van der Waals surface area contributed by atoms with Gasteiger partial charge < -0.3 is 68.1 Å². The minimum absolute atomic E-state index is 0.0546. The van der Waals surface area contributed by atoms with Crippen molar-refractivity contribution in [1.82, 2.24) is 64.2 Å². The van der Waals surface area contributed by atoms with E-state index in [9.17, 15) is 43.7 Å². The number of carbonyl (C=O) groups excluding carboxylic acids is 4. The molecule has 18 rings (SSSR count). The molecule has 714 valence electrons. The zero-order chi connectivity index (χ0) is 95.9. The van der Waals surface area contributed by atoms with Crippen LogP contribution in [0.4, 0.5) is 56.5 Å². The number of amides is 4. The van der Waals surface area contributed by atoms with Gasteiger partial charge in [0, 0.05) is 191 Å². The van der Waals surface area contributed by atoms with Gasteiger partial charge in [0.1, 0.15) is 37.3 Å². The molecule has 9 aromatic rings. The Balaban J connectivity index is 0.615. The number of likely N-dealkylation sites (tertiary alicyclic amines) is 3. The summed E-state index contributed by atoms with van der Waals surface area (Å²) in [6, 6.07) is 36.7. The van der Waals surface area contributed by atoms with Gasteiger partial charge in [0.25, 0.3) is 11.8 Å². The van der Waals surface area contributed by atoms with Crippen LogP contribution < -0.4 is 43.6 Å². The summed E-state index contributed by atoms with van der Waals surface area (Å²) < 4.78 is 97.2. The maximum atomic E-state index is 15.6. The fraction of sp³-hybridized carbons (Fsp3) is 0.461. The Kier molecular flexibility index (Phi) is 27.6. The van der Waals surface area contributed by atoms with Crippen molar-refractivity contribution in [3.8, 4) is 36.2 Å². The average molecular weight is 1930 g/mol. The van der Waals surface area contributed by atoms with Gasteiger partial charge in [0.15, 0.2) is 11.7 Å². The molecule has 12 heterocycles.